The highest BCUT2D eigenvalue weighted by molar-refractivity contribution is 5.92. The topological polar surface area (TPSA) is 156 Å². The highest BCUT2D eigenvalue weighted by atomic mass is 16.4. The summed E-state index contributed by atoms with van der Waals surface area (Å²) in [7, 11) is 0. The summed E-state index contributed by atoms with van der Waals surface area (Å²) < 4.78 is 0. The third-order valence-corrected chi connectivity index (χ3v) is 4.64. The lowest BCUT2D eigenvalue weighted by molar-refractivity contribution is -0.150. The fraction of sp³-hybridized carbons (Fsp3) is 0.750. The zero-order valence-electron chi connectivity index (χ0n) is 14.7. The molecule has 1 heterocycles. The summed E-state index contributed by atoms with van der Waals surface area (Å²) in [6, 6.07) is -2.67. The van der Waals surface area contributed by atoms with E-state index in [9.17, 15) is 24.3 Å². The number of amides is 3. The second-order valence-electron chi connectivity index (χ2n) is 6.51. The van der Waals surface area contributed by atoms with Crippen molar-refractivity contribution in [2.75, 3.05) is 6.54 Å². The molecule has 1 aliphatic rings. The van der Waals surface area contributed by atoms with Crippen molar-refractivity contribution in [3.05, 3.63) is 0 Å². The van der Waals surface area contributed by atoms with Crippen LogP contribution in [0.5, 0.6) is 0 Å². The van der Waals surface area contributed by atoms with Gasteiger partial charge in [-0.05, 0) is 25.2 Å². The molecule has 142 valence electrons. The van der Waals surface area contributed by atoms with Crippen LogP contribution in [-0.4, -0.2) is 58.4 Å². The number of aliphatic carboxylic acids is 1. The molecule has 0 saturated carbocycles. The summed E-state index contributed by atoms with van der Waals surface area (Å²) >= 11 is 0. The number of carbonyl (C=O) groups excluding carboxylic acids is 3. The van der Waals surface area contributed by atoms with E-state index in [0.29, 0.717) is 25.8 Å². The molecule has 0 spiro atoms. The lowest BCUT2D eigenvalue weighted by atomic mass is 9.96. The predicted molar refractivity (Wildman–Crippen MR) is 90.2 cm³/mol. The SMILES string of the molecule is CCC(C)C(NC(=O)C(N)CCC(N)=O)C(=O)N1CCCC1C(=O)O. The van der Waals surface area contributed by atoms with Crippen LogP contribution in [0, 0.1) is 5.92 Å². The monoisotopic (exact) mass is 356 g/mol. The summed E-state index contributed by atoms with van der Waals surface area (Å²) in [4.78, 5) is 48.5. The molecule has 1 saturated heterocycles. The maximum Gasteiger partial charge on any atom is 0.326 e. The first-order valence-corrected chi connectivity index (χ1v) is 8.56. The second-order valence-corrected chi connectivity index (χ2v) is 6.51. The number of rotatable bonds is 9. The minimum absolute atomic E-state index is 0.0241. The molecule has 6 N–H and O–H groups in total. The summed E-state index contributed by atoms with van der Waals surface area (Å²) in [5.41, 5.74) is 10.8. The number of nitrogens with zero attached hydrogens (tertiary/aromatic N) is 1. The van der Waals surface area contributed by atoms with Crippen molar-refractivity contribution in [3.63, 3.8) is 0 Å². The van der Waals surface area contributed by atoms with Crippen LogP contribution in [0.15, 0.2) is 0 Å². The van der Waals surface area contributed by atoms with Gasteiger partial charge in [-0.15, -0.1) is 0 Å². The molecule has 25 heavy (non-hydrogen) atoms. The number of hydrogen-bond acceptors (Lipinski definition) is 5. The quantitative estimate of drug-likeness (QED) is 0.423. The average molecular weight is 356 g/mol. The zero-order valence-corrected chi connectivity index (χ0v) is 14.7. The Labute approximate surface area is 147 Å². The number of likely N-dealkylation sites (tertiary alicyclic amines) is 1. The summed E-state index contributed by atoms with van der Waals surface area (Å²) in [5.74, 6) is -2.74. The van der Waals surface area contributed by atoms with Gasteiger partial charge in [0, 0.05) is 13.0 Å². The molecule has 0 bridgehead atoms. The van der Waals surface area contributed by atoms with Crippen molar-refractivity contribution < 1.29 is 24.3 Å². The van der Waals surface area contributed by atoms with E-state index >= 15 is 0 Å². The molecule has 9 nitrogen and oxygen atoms in total. The van der Waals surface area contributed by atoms with E-state index < -0.39 is 41.8 Å². The van der Waals surface area contributed by atoms with Crippen molar-refractivity contribution in [1.29, 1.82) is 0 Å². The van der Waals surface area contributed by atoms with Gasteiger partial charge < -0.3 is 26.8 Å². The van der Waals surface area contributed by atoms with Crippen LogP contribution in [0.3, 0.4) is 0 Å². The zero-order chi connectivity index (χ0) is 19.1. The Morgan fingerprint density at radius 2 is 1.96 bits per heavy atom. The Bertz CT molecular complexity index is 525. The van der Waals surface area contributed by atoms with Crippen molar-refractivity contribution >= 4 is 23.7 Å². The third kappa shape index (κ3) is 5.70. The van der Waals surface area contributed by atoms with Crippen LogP contribution in [-0.2, 0) is 19.2 Å². The summed E-state index contributed by atoms with van der Waals surface area (Å²) in [6.45, 7) is 4.04. The van der Waals surface area contributed by atoms with Crippen molar-refractivity contribution in [2.45, 2.75) is 64.1 Å². The van der Waals surface area contributed by atoms with Crippen LogP contribution >= 0.6 is 0 Å². The molecule has 1 aliphatic heterocycles. The molecule has 4 unspecified atom stereocenters. The Balaban J connectivity index is 2.83. The average Bonchev–Trinajstić information content (AvgIpc) is 3.05. The Morgan fingerprint density at radius 1 is 1.32 bits per heavy atom. The molecular formula is C16H28N4O5. The third-order valence-electron chi connectivity index (χ3n) is 4.64. The van der Waals surface area contributed by atoms with E-state index in [1.54, 1.807) is 0 Å². The van der Waals surface area contributed by atoms with Crippen LogP contribution in [0.2, 0.25) is 0 Å². The van der Waals surface area contributed by atoms with Crippen molar-refractivity contribution in [2.24, 2.45) is 17.4 Å². The summed E-state index contributed by atoms with van der Waals surface area (Å²) in [5, 5.41) is 11.9. The van der Waals surface area contributed by atoms with E-state index in [1.807, 2.05) is 13.8 Å². The van der Waals surface area contributed by atoms with Crippen molar-refractivity contribution in [1.82, 2.24) is 10.2 Å². The van der Waals surface area contributed by atoms with E-state index in [-0.39, 0.29) is 18.8 Å². The second kappa shape index (κ2) is 9.36. The van der Waals surface area contributed by atoms with E-state index in [1.165, 1.54) is 4.90 Å². The van der Waals surface area contributed by atoms with E-state index in [0.717, 1.165) is 0 Å². The first-order chi connectivity index (χ1) is 11.7. The van der Waals surface area contributed by atoms with Crippen LogP contribution < -0.4 is 16.8 Å². The van der Waals surface area contributed by atoms with Gasteiger partial charge in [-0.2, -0.15) is 0 Å². The number of carbonyl (C=O) groups is 4. The molecule has 9 heteroatoms. The number of carboxylic acid groups (broad SMARTS) is 1. The van der Waals surface area contributed by atoms with Gasteiger partial charge in [0.05, 0.1) is 6.04 Å². The predicted octanol–water partition coefficient (Wildman–Crippen LogP) is -0.814. The Kier molecular flexibility index (Phi) is 7.82. The molecule has 1 fully saturated rings. The van der Waals surface area contributed by atoms with Gasteiger partial charge in [0.25, 0.3) is 0 Å². The molecule has 0 aliphatic carbocycles. The molecule has 0 aromatic rings. The molecule has 4 atom stereocenters. The Morgan fingerprint density at radius 3 is 2.48 bits per heavy atom. The van der Waals surface area contributed by atoms with Crippen molar-refractivity contribution in [3.8, 4) is 0 Å². The normalized spacial score (nSPS) is 20.6. The minimum atomic E-state index is -1.04. The number of carboxylic acids is 1. The largest absolute Gasteiger partial charge is 0.480 e. The van der Waals surface area contributed by atoms with Gasteiger partial charge in [0.1, 0.15) is 12.1 Å². The van der Waals surface area contributed by atoms with Gasteiger partial charge in [0.2, 0.25) is 17.7 Å². The van der Waals surface area contributed by atoms with Gasteiger partial charge in [-0.25, -0.2) is 4.79 Å². The van der Waals surface area contributed by atoms with Crippen LogP contribution in [0.1, 0.15) is 46.0 Å². The maximum atomic E-state index is 12.8. The lowest BCUT2D eigenvalue weighted by Gasteiger charge is -2.31. The lowest BCUT2D eigenvalue weighted by Crippen LogP contribution is -2.56. The number of hydrogen-bond donors (Lipinski definition) is 4. The van der Waals surface area contributed by atoms with Gasteiger partial charge in [-0.3, -0.25) is 14.4 Å². The van der Waals surface area contributed by atoms with Gasteiger partial charge in [-0.1, -0.05) is 20.3 Å². The smallest absolute Gasteiger partial charge is 0.326 e. The van der Waals surface area contributed by atoms with Crippen LogP contribution in [0.4, 0.5) is 0 Å². The molecule has 0 radical (unpaired) electrons. The fourth-order valence-electron chi connectivity index (χ4n) is 2.84. The molecular weight excluding hydrogens is 328 g/mol. The first-order valence-electron chi connectivity index (χ1n) is 8.56. The van der Waals surface area contributed by atoms with Crippen LogP contribution in [0.25, 0.3) is 0 Å². The number of primary amides is 1. The fourth-order valence-corrected chi connectivity index (χ4v) is 2.84. The van der Waals surface area contributed by atoms with E-state index in [2.05, 4.69) is 5.32 Å². The molecule has 0 aromatic heterocycles. The maximum absolute atomic E-state index is 12.8. The molecule has 3 amide bonds. The highest BCUT2D eigenvalue weighted by Gasteiger charge is 2.39. The standard InChI is InChI=1S/C16H28N4O5/c1-3-9(2)13(19-14(22)10(17)6-7-12(18)21)15(23)20-8-4-5-11(20)16(24)25/h9-11,13H,3-8,17H2,1-2H3,(H2,18,21)(H,19,22)(H,24,25). The number of nitrogens with two attached hydrogens (primary N) is 2. The number of nitrogens with one attached hydrogen (secondary N) is 1. The minimum Gasteiger partial charge on any atom is -0.480 e. The molecule has 1 rings (SSSR count). The Hall–Kier alpha value is -2.16. The van der Waals surface area contributed by atoms with Gasteiger partial charge in [0.15, 0.2) is 0 Å². The first kappa shape index (κ1) is 20.9. The van der Waals surface area contributed by atoms with E-state index in [4.69, 9.17) is 11.5 Å². The highest BCUT2D eigenvalue weighted by Crippen LogP contribution is 2.21. The van der Waals surface area contributed by atoms with Gasteiger partial charge >= 0.3 is 5.97 Å². The summed E-state index contributed by atoms with van der Waals surface area (Å²) in [6.07, 6.45) is 1.70. The molecule has 0 aromatic carbocycles.